The summed E-state index contributed by atoms with van der Waals surface area (Å²) in [5.74, 6) is 0.320. The quantitative estimate of drug-likeness (QED) is 0.856. The van der Waals surface area contributed by atoms with Gasteiger partial charge in [0.05, 0.1) is 6.07 Å². The molecule has 1 aromatic heterocycles. The maximum atomic E-state index is 11.9. The number of hydrogen-bond acceptors (Lipinski definition) is 3. The van der Waals surface area contributed by atoms with E-state index in [0.717, 1.165) is 5.56 Å². The lowest BCUT2D eigenvalue weighted by atomic mass is 9.63. The Morgan fingerprint density at radius 2 is 2.47 bits per heavy atom. The maximum absolute atomic E-state index is 11.9. The second-order valence-corrected chi connectivity index (χ2v) is 4.75. The summed E-state index contributed by atoms with van der Waals surface area (Å²) in [5, 5.41) is 11.9. The fourth-order valence-corrected chi connectivity index (χ4v) is 2.31. The summed E-state index contributed by atoms with van der Waals surface area (Å²) < 4.78 is 0. The monoisotopic (exact) mass is 229 g/mol. The summed E-state index contributed by atoms with van der Waals surface area (Å²) in [6.45, 7) is 2.49. The molecule has 1 fully saturated rings. The first kappa shape index (κ1) is 11.6. The molecule has 0 spiro atoms. The van der Waals surface area contributed by atoms with Gasteiger partial charge in [0.1, 0.15) is 5.41 Å². The number of nitrogens with one attached hydrogen (secondary N) is 1. The zero-order valence-electron chi connectivity index (χ0n) is 9.81. The first-order valence-electron chi connectivity index (χ1n) is 5.75. The van der Waals surface area contributed by atoms with Crippen molar-refractivity contribution in [2.75, 3.05) is 0 Å². The summed E-state index contributed by atoms with van der Waals surface area (Å²) in [6, 6.07) is 5.88. The van der Waals surface area contributed by atoms with Crippen LogP contribution in [0.25, 0.3) is 0 Å². The molecule has 0 bridgehead atoms. The largest absolute Gasteiger partial charge is 0.351 e. The third-order valence-corrected chi connectivity index (χ3v) is 3.22. The molecule has 1 aliphatic rings. The van der Waals surface area contributed by atoms with Crippen LogP contribution in [-0.4, -0.2) is 10.9 Å². The van der Waals surface area contributed by atoms with E-state index >= 15 is 0 Å². The van der Waals surface area contributed by atoms with Gasteiger partial charge in [0.25, 0.3) is 0 Å². The van der Waals surface area contributed by atoms with Crippen molar-refractivity contribution in [2.45, 2.75) is 26.3 Å². The Morgan fingerprint density at radius 3 is 3.00 bits per heavy atom. The highest BCUT2D eigenvalue weighted by Gasteiger charge is 2.48. The van der Waals surface area contributed by atoms with Gasteiger partial charge in [-0.3, -0.25) is 9.78 Å². The molecule has 88 valence electrons. The van der Waals surface area contributed by atoms with Crippen molar-refractivity contribution < 1.29 is 4.79 Å². The van der Waals surface area contributed by atoms with E-state index in [9.17, 15) is 4.79 Å². The highest BCUT2D eigenvalue weighted by Crippen LogP contribution is 2.45. The average molecular weight is 229 g/mol. The van der Waals surface area contributed by atoms with Crippen molar-refractivity contribution in [1.29, 1.82) is 5.26 Å². The highest BCUT2D eigenvalue weighted by molar-refractivity contribution is 5.86. The second kappa shape index (κ2) is 4.54. The smallest absolute Gasteiger partial charge is 0.240 e. The number of amides is 1. The Kier molecular flexibility index (Phi) is 3.10. The summed E-state index contributed by atoms with van der Waals surface area (Å²) in [5.41, 5.74) is 0.156. The third kappa shape index (κ3) is 2.28. The first-order chi connectivity index (χ1) is 8.16. The van der Waals surface area contributed by atoms with E-state index in [1.165, 1.54) is 0 Å². The lowest BCUT2D eigenvalue weighted by Gasteiger charge is -2.39. The zero-order chi connectivity index (χ0) is 12.3. The van der Waals surface area contributed by atoms with Crippen molar-refractivity contribution in [3.8, 4) is 6.07 Å². The highest BCUT2D eigenvalue weighted by atomic mass is 16.2. The van der Waals surface area contributed by atoms with Gasteiger partial charge in [0, 0.05) is 18.9 Å². The van der Waals surface area contributed by atoms with Crippen LogP contribution in [0, 0.1) is 22.7 Å². The van der Waals surface area contributed by atoms with Gasteiger partial charge < -0.3 is 5.32 Å². The molecule has 4 nitrogen and oxygen atoms in total. The number of carbonyl (C=O) groups is 1. The molecule has 0 atom stereocenters. The predicted octanol–water partition coefficient (Wildman–Crippen LogP) is 1.64. The van der Waals surface area contributed by atoms with Crippen molar-refractivity contribution in [1.82, 2.24) is 10.3 Å². The molecule has 0 unspecified atom stereocenters. The van der Waals surface area contributed by atoms with E-state index in [0.29, 0.717) is 25.3 Å². The van der Waals surface area contributed by atoms with Crippen molar-refractivity contribution in [3.63, 3.8) is 0 Å². The van der Waals surface area contributed by atoms with Crippen LogP contribution < -0.4 is 5.32 Å². The minimum absolute atomic E-state index is 0.151. The topological polar surface area (TPSA) is 65.8 Å². The Hall–Kier alpha value is -1.89. The Bertz CT molecular complexity index is 443. The molecule has 4 heteroatoms. The van der Waals surface area contributed by atoms with Crippen LogP contribution >= 0.6 is 0 Å². The van der Waals surface area contributed by atoms with Crippen molar-refractivity contribution >= 4 is 5.91 Å². The molecule has 17 heavy (non-hydrogen) atoms. The SMILES string of the molecule is CC1CC(C#N)(C(=O)NCc2cccnc2)C1. The van der Waals surface area contributed by atoms with Crippen molar-refractivity contribution in [2.24, 2.45) is 11.3 Å². The van der Waals surface area contributed by atoms with E-state index in [1.807, 2.05) is 12.1 Å². The molecule has 1 saturated carbocycles. The van der Waals surface area contributed by atoms with E-state index in [2.05, 4.69) is 23.3 Å². The predicted molar refractivity (Wildman–Crippen MR) is 62.5 cm³/mol. The molecule has 0 aromatic carbocycles. The number of nitrogens with zero attached hydrogens (tertiary/aromatic N) is 2. The minimum atomic E-state index is -0.790. The van der Waals surface area contributed by atoms with Crippen LogP contribution in [0.1, 0.15) is 25.3 Å². The maximum Gasteiger partial charge on any atom is 0.240 e. The van der Waals surface area contributed by atoms with Gasteiger partial charge in [-0.25, -0.2) is 0 Å². The molecule has 0 radical (unpaired) electrons. The van der Waals surface area contributed by atoms with Crippen LogP contribution in [0.4, 0.5) is 0 Å². The van der Waals surface area contributed by atoms with Crippen LogP contribution in [0.2, 0.25) is 0 Å². The summed E-state index contributed by atoms with van der Waals surface area (Å²) in [7, 11) is 0. The number of rotatable bonds is 3. The molecule has 1 amide bonds. The van der Waals surface area contributed by atoms with Crippen LogP contribution in [0.5, 0.6) is 0 Å². The summed E-state index contributed by atoms with van der Waals surface area (Å²) >= 11 is 0. The molecule has 1 heterocycles. The van der Waals surface area contributed by atoms with Gasteiger partial charge in [-0.2, -0.15) is 5.26 Å². The zero-order valence-corrected chi connectivity index (χ0v) is 9.81. The van der Waals surface area contributed by atoms with Gasteiger partial charge in [-0.15, -0.1) is 0 Å². The van der Waals surface area contributed by atoms with E-state index in [-0.39, 0.29) is 5.91 Å². The number of pyridine rings is 1. The lowest BCUT2D eigenvalue weighted by Crippen LogP contribution is -2.47. The summed E-state index contributed by atoms with van der Waals surface area (Å²) in [4.78, 5) is 15.9. The molecule has 1 aromatic rings. The van der Waals surface area contributed by atoms with E-state index < -0.39 is 5.41 Å². The van der Waals surface area contributed by atoms with Crippen molar-refractivity contribution in [3.05, 3.63) is 30.1 Å². The number of carbonyl (C=O) groups excluding carboxylic acids is 1. The Morgan fingerprint density at radius 1 is 1.71 bits per heavy atom. The molecule has 0 aliphatic heterocycles. The number of nitriles is 1. The van der Waals surface area contributed by atoms with Gasteiger partial charge in [-0.1, -0.05) is 13.0 Å². The van der Waals surface area contributed by atoms with Gasteiger partial charge in [0.15, 0.2) is 0 Å². The minimum Gasteiger partial charge on any atom is -0.351 e. The normalized spacial score (nSPS) is 26.7. The van der Waals surface area contributed by atoms with Crippen LogP contribution in [-0.2, 0) is 11.3 Å². The molecular formula is C13H15N3O. The number of aromatic nitrogens is 1. The Balaban J connectivity index is 1.92. The molecule has 0 saturated heterocycles. The van der Waals surface area contributed by atoms with Gasteiger partial charge >= 0.3 is 0 Å². The third-order valence-electron chi connectivity index (χ3n) is 3.22. The average Bonchev–Trinajstić information content (AvgIpc) is 2.33. The summed E-state index contributed by atoms with van der Waals surface area (Å²) in [6.07, 6.45) is 4.74. The van der Waals surface area contributed by atoms with Crippen LogP contribution in [0.15, 0.2) is 24.5 Å². The molecular weight excluding hydrogens is 214 g/mol. The molecule has 1 N–H and O–H groups in total. The van der Waals surface area contributed by atoms with Crippen LogP contribution in [0.3, 0.4) is 0 Å². The lowest BCUT2D eigenvalue weighted by molar-refractivity contribution is -0.134. The Labute approximate surface area is 101 Å². The van der Waals surface area contributed by atoms with E-state index in [4.69, 9.17) is 5.26 Å². The number of hydrogen-bond donors (Lipinski definition) is 1. The first-order valence-corrected chi connectivity index (χ1v) is 5.75. The van der Waals surface area contributed by atoms with Gasteiger partial charge in [-0.05, 0) is 30.4 Å². The van der Waals surface area contributed by atoms with Gasteiger partial charge in [0.2, 0.25) is 5.91 Å². The fraction of sp³-hybridized carbons (Fsp3) is 0.462. The van der Waals surface area contributed by atoms with E-state index in [1.54, 1.807) is 12.4 Å². The fourth-order valence-electron chi connectivity index (χ4n) is 2.31. The second-order valence-electron chi connectivity index (χ2n) is 4.75. The standard InChI is InChI=1S/C13H15N3O/c1-10-5-13(6-10,9-14)12(17)16-8-11-3-2-4-15-7-11/h2-4,7,10H,5-6,8H2,1H3,(H,16,17). The molecule has 2 rings (SSSR count). The molecule has 1 aliphatic carbocycles.